The Hall–Kier alpha value is -3.13. The topological polar surface area (TPSA) is 90.2 Å². The molecule has 0 aliphatic heterocycles. The van der Waals surface area contributed by atoms with Crippen molar-refractivity contribution in [2.24, 2.45) is 17.8 Å². The first-order valence-electron chi connectivity index (χ1n) is 10.1. The van der Waals surface area contributed by atoms with Crippen LogP contribution in [0.5, 0.6) is 0 Å². The Morgan fingerprint density at radius 2 is 2.17 bits per heavy atom. The van der Waals surface area contributed by atoms with E-state index < -0.39 is 5.97 Å². The second-order valence-electron chi connectivity index (χ2n) is 7.71. The Bertz CT molecular complexity index is 921. The molecule has 3 unspecified atom stereocenters. The predicted octanol–water partition coefficient (Wildman–Crippen LogP) is 4.62. The fraction of sp³-hybridized carbons (Fsp3) is 0.375. The van der Waals surface area contributed by atoms with Gasteiger partial charge in [-0.2, -0.15) is 5.26 Å². The van der Waals surface area contributed by atoms with Crippen molar-refractivity contribution in [3.05, 3.63) is 65.3 Å². The van der Waals surface area contributed by atoms with Gasteiger partial charge in [0, 0.05) is 23.9 Å². The molecule has 5 heteroatoms. The van der Waals surface area contributed by atoms with Crippen molar-refractivity contribution in [3.8, 4) is 6.07 Å². The maximum absolute atomic E-state index is 13.1. The lowest BCUT2D eigenvalue weighted by atomic mass is 9.72. The Morgan fingerprint density at radius 1 is 1.34 bits per heavy atom. The number of amides is 1. The molecule has 29 heavy (non-hydrogen) atoms. The number of carboxylic acids is 1. The first-order chi connectivity index (χ1) is 14.0. The van der Waals surface area contributed by atoms with Crippen LogP contribution in [-0.2, 0) is 16.0 Å². The number of benzene rings is 1. The molecule has 0 radical (unpaired) electrons. The Morgan fingerprint density at radius 3 is 2.93 bits per heavy atom. The molecule has 150 valence electrons. The molecule has 0 saturated heterocycles. The number of rotatable bonds is 7. The van der Waals surface area contributed by atoms with Crippen LogP contribution in [0, 0.1) is 29.1 Å². The highest BCUT2D eigenvalue weighted by molar-refractivity contribution is 5.93. The molecule has 2 aliphatic carbocycles. The number of nitrogens with zero attached hydrogens (tertiary/aromatic N) is 1. The summed E-state index contributed by atoms with van der Waals surface area (Å²) < 4.78 is 0. The molecular weight excluding hydrogens is 364 g/mol. The number of nitriles is 1. The summed E-state index contributed by atoms with van der Waals surface area (Å²) >= 11 is 0. The molecule has 0 saturated carbocycles. The molecule has 1 amide bonds. The highest BCUT2D eigenvalue weighted by Gasteiger charge is 2.32. The second kappa shape index (κ2) is 9.38. The van der Waals surface area contributed by atoms with E-state index in [-0.39, 0.29) is 30.1 Å². The number of carbonyl (C=O) groups excluding carboxylic acids is 1. The van der Waals surface area contributed by atoms with Gasteiger partial charge in [-0.25, -0.2) is 0 Å². The molecule has 2 aliphatic rings. The number of hydrogen-bond acceptors (Lipinski definition) is 3. The number of hydrogen-bond donors (Lipinski definition) is 2. The first-order valence-corrected chi connectivity index (χ1v) is 10.1. The number of allylic oxidation sites excluding steroid dienone is 6. The summed E-state index contributed by atoms with van der Waals surface area (Å²) in [5.41, 5.74) is 3.29. The number of fused-ring (bicyclic) bond motifs is 1. The predicted molar refractivity (Wildman–Crippen MR) is 112 cm³/mol. The molecule has 0 aromatic heterocycles. The molecule has 0 fully saturated rings. The summed E-state index contributed by atoms with van der Waals surface area (Å²) in [4.78, 5) is 23.9. The van der Waals surface area contributed by atoms with Crippen molar-refractivity contribution in [1.82, 2.24) is 0 Å². The summed E-state index contributed by atoms with van der Waals surface area (Å²) in [6.45, 7) is 1.94. The van der Waals surface area contributed by atoms with Crippen LogP contribution in [0.3, 0.4) is 0 Å². The summed E-state index contributed by atoms with van der Waals surface area (Å²) in [5.74, 6) is -0.808. The van der Waals surface area contributed by atoms with Gasteiger partial charge in [-0.3, -0.25) is 9.59 Å². The van der Waals surface area contributed by atoms with Crippen molar-refractivity contribution in [3.63, 3.8) is 0 Å². The lowest BCUT2D eigenvalue weighted by molar-refractivity contribution is -0.137. The van der Waals surface area contributed by atoms with Crippen molar-refractivity contribution in [2.75, 3.05) is 5.32 Å². The zero-order valence-corrected chi connectivity index (χ0v) is 16.6. The second-order valence-corrected chi connectivity index (χ2v) is 7.71. The summed E-state index contributed by atoms with van der Waals surface area (Å²) in [5, 5.41) is 21.1. The molecule has 0 bridgehead atoms. The van der Waals surface area contributed by atoms with Crippen molar-refractivity contribution in [1.29, 1.82) is 5.26 Å². The number of carbonyl (C=O) groups is 2. The molecule has 3 atom stereocenters. The Kier molecular flexibility index (Phi) is 6.66. The summed E-state index contributed by atoms with van der Waals surface area (Å²) in [6.07, 6.45) is 13.9. The van der Waals surface area contributed by atoms with Crippen molar-refractivity contribution < 1.29 is 14.7 Å². The van der Waals surface area contributed by atoms with E-state index in [2.05, 4.69) is 35.7 Å². The van der Waals surface area contributed by atoms with Crippen LogP contribution in [0.1, 0.15) is 43.7 Å². The quantitative estimate of drug-likeness (QED) is 0.665. The molecule has 1 aromatic rings. The fourth-order valence-corrected chi connectivity index (χ4v) is 4.09. The van der Waals surface area contributed by atoms with Crippen molar-refractivity contribution in [2.45, 2.75) is 39.0 Å². The highest BCUT2D eigenvalue weighted by Crippen LogP contribution is 2.38. The Labute approximate surface area is 171 Å². The van der Waals surface area contributed by atoms with Crippen LogP contribution >= 0.6 is 0 Å². The number of aryl methyl sites for hydroxylation is 1. The third kappa shape index (κ3) is 5.03. The average molecular weight is 390 g/mol. The fourth-order valence-electron chi connectivity index (χ4n) is 4.09. The summed E-state index contributed by atoms with van der Waals surface area (Å²) in [6, 6.07) is 7.26. The van der Waals surface area contributed by atoms with E-state index in [4.69, 9.17) is 5.11 Å². The minimum absolute atomic E-state index is 0.0692. The highest BCUT2D eigenvalue weighted by atomic mass is 16.4. The molecular formula is C24H26N2O3. The number of anilines is 1. The zero-order chi connectivity index (χ0) is 20.8. The van der Waals surface area contributed by atoms with E-state index in [1.807, 2.05) is 13.0 Å². The average Bonchev–Trinajstić information content (AvgIpc) is 2.73. The monoisotopic (exact) mass is 390 g/mol. The third-order valence-corrected chi connectivity index (χ3v) is 5.75. The van der Waals surface area contributed by atoms with E-state index in [0.717, 1.165) is 18.4 Å². The van der Waals surface area contributed by atoms with Gasteiger partial charge in [0.1, 0.15) is 0 Å². The smallest absolute Gasteiger partial charge is 0.303 e. The van der Waals surface area contributed by atoms with E-state index >= 15 is 0 Å². The number of nitrogens with one attached hydrogen (secondary N) is 1. The molecule has 5 nitrogen and oxygen atoms in total. The Balaban J connectivity index is 1.75. The maximum Gasteiger partial charge on any atom is 0.303 e. The van der Waals surface area contributed by atoms with Crippen LogP contribution in [0.2, 0.25) is 0 Å². The molecule has 3 rings (SSSR count). The van der Waals surface area contributed by atoms with Crippen LogP contribution in [-0.4, -0.2) is 17.0 Å². The van der Waals surface area contributed by atoms with Gasteiger partial charge in [0.2, 0.25) is 5.91 Å². The lowest BCUT2D eigenvalue weighted by Gasteiger charge is -2.33. The maximum atomic E-state index is 13.1. The summed E-state index contributed by atoms with van der Waals surface area (Å²) in [7, 11) is 0. The number of aliphatic carboxylic acids is 1. The molecule has 1 aromatic carbocycles. The minimum Gasteiger partial charge on any atom is -0.481 e. The number of carboxylic acid groups (broad SMARTS) is 1. The van der Waals surface area contributed by atoms with Crippen molar-refractivity contribution >= 4 is 17.6 Å². The van der Waals surface area contributed by atoms with E-state index in [0.29, 0.717) is 24.1 Å². The van der Waals surface area contributed by atoms with E-state index in [9.17, 15) is 14.9 Å². The van der Waals surface area contributed by atoms with Gasteiger partial charge in [0.25, 0.3) is 0 Å². The normalized spacial score (nSPS) is 20.9. The third-order valence-electron chi connectivity index (χ3n) is 5.75. The SMILES string of the molecule is CC(C(=O)Nc1cc(C#N)ccc1CCCC(=O)O)C1C=CC=C2CCC=CC21. The van der Waals surface area contributed by atoms with Gasteiger partial charge in [-0.1, -0.05) is 48.9 Å². The van der Waals surface area contributed by atoms with Gasteiger partial charge >= 0.3 is 5.97 Å². The van der Waals surface area contributed by atoms with Gasteiger partial charge in [-0.05, 0) is 49.3 Å². The van der Waals surface area contributed by atoms with E-state index in [1.165, 1.54) is 5.57 Å². The zero-order valence-electron chi connectivity index (χ0n) is 16.6. The molecule has 0 spiro atoms. The van der Waals surface area contributed by atoms with E-state index in [1.54, 1.807) is 18.2 Å². The van der Waals surface area contributed by atoms with Gasteiger partial charge in [0.15, 0.2) is 0 Å². The molecule has 0 heterocycles. The molecule has 2 N–H and O–H groups in total. The van der Waals surface area contributed by atoms with Crippen LogP contribution in [0.4, 0.5) is 5.69 Å². The lowest BCUT2D eigenvalue weighted by Crippen LogP contribution is -2.32. The minimum atomic E-state index is -0.841. The van der Waals surface area contributed by atoms with Gasteiger partial charge in [0.05, 0.1) is 11.6 Å². The van der Waals surface area contributed by atoms with Gasteiger partial charge in [-0.15, -0.1) is 0 Å². The largest absolute Gasteiger partial charge is 0.481 e. The van der Waals surface area contributed by atoms with Crippen LogP contribution < -0.4 is 5.32 Å². The van der Waals surface area contributed by atoms with Gasteiger partial charge < -0.3 is 10.4 Å². The standard InChI is InChI=1S/C24H26N2O3/c1-16(20-10-4-7-18-6-2-3-9-21(18)20)24(29)26-22-14-17(15-25)12-13-19(22)8-5-11-23(27)28/h3-4,7,9-10,12-14,16,20-21H,2,5-6,8,11H2,1H3,(H,26,29)(H,27,28). The van der Waals surface area contributed by atoms with Crippen LogP contribution in [0.15, 0.2) is 54.2 Å². The van der Waals surface area contributed by atoms with Crippen LogP contribution in [0.25, 0.3) is 0 Å². The first kappa shape index (κ1) is 20.6.